The molecule has 0 aromatic heterocycles. The molecule has 11 heavy (non-hydrogen) atoms. The van der Waals surface area contributed by atoms with Crippen molar-refractivity contribution in [2.45, 2.75) is 25.7 Å². The molecular weight excluding hydrogens is 162 g/mol. The smallest absolute Gasteiger partial charge is 0.147 e. The van der Waals surface area contributed by atoms with Crippen molar-refractivity contribution >= 4 is 9.84 Å². The molecule has 3 nitrogen and oxygen atoms in total. The van der Waals surface area contributed by atoms with Crippen LogP contribution in [0.3, 0.4) is 0 Å². The average Bonchev–Trinajstić information content (AvgIpc) is 1.85. The van der Waals surface area contributed by atoms with Gasteiger partial charge in [-0.15, -0.1) is 0 Å². The van der Waals surface area contributed by atoms with E-state index in [2.05, 4.69) is 0 Å². The van der Waals surface area contributed by atoms with Gasteiger partial charge < -0.3 is 0 Å². The third-order valence-electron chi connectivity index (χ3n) is 1.30. The molecule has 0 aliphatic carbocycles. The van der Waals surface area contributed by atoms with Gasteiger partial charge in [-0.1, -0.05) is 6.42 Å². The molecule has 0 unspecified atom stereocenters. The Labute approximate surface area is 67.9 Å². The minimum absolute atomic E-state index is 0.248. The molecule has 0 fully saturated rings. The Morgan fingerprint density at radius 1 is 1.27 bits per heavy atom. The van der Waals surface area contributed by atoms with Crippen molar-refractivity contribution in [1.29, 1.82) is 5.26 Å². The number of unbranched alkanes of at least 4 members (excludes halogenated alkanes) is 3. The molecule has 0 radical (unpaired) electrons. The van der Waals surface area contributed by atoms with Crippen molar-refractivity contribution in [1.82, 2.24) is 0 Å². The molecule has 0 aromatic carbocycles. The van der Waals surface area contributed by atoms with Gasteiger partial charge in [-0.2, -0.15) is 5.26 Å². The fourth-order valence-electron chi connectivity index (χ4n) is 0.745. The summed E-state index contributed by atoms with van der Waals surface area (Å²) in [5.74, 6) is 0.248. The summed E-state index contributed by atoms with van der Waals surface area (Å²) in [6.45, 7) is 0. The van der Waals surface area contributed by atoms with Crippen LogP contribution in [0.4, 0.5) is 0 Å². The second-order valence-corrected chi connectivity index (χ2v) is 4.86. The lowest BCUT2D eigenvalue weighted by atomic mass is 10.2. The van der Waals surface area contributed by atoms with E-state index in [4.69, 9.17) is 5.26 Å². The third-order valence-corrected chi connectivity index (χ3v) is 2.33. The number of rotatable bonds is 5. The van der Waals surface area contributed by atoms with Crippen molar-refractivity contribution in [3.8, 4) is 6.07 Å². The molecule has 0 saturated heterocycles. The van der Waals surface area contributed by atoms with E-state index in [1.807, 2.05) is 6.07 Å². The maximum atomic E-state index is 10.6. The van der Waals surface area contributed by atoms with Crippen LogP contribution in [0.25, 0.3) is 0 Å². The summed E-state index contributed by atoms with van der Waals surface area (Å²) < 4.78 is 21.2. The van der Waals surface area contributed by atoms with Crippen molar-refractivity contribution in [3.05, 3.63) is 0 Å². The predicted octanol–water partition coefficient (Wildman–Crippen LogP) is 1.11. The van der Waals surface area contributed by atoms with E-state index in [9.17, 15) is 8.42 Å². The van der Waals surface area contributed by atoms with Gasteiger partial charge in [-0.05, 0) is 12.8 Å². The van der Waals surface area contributed by atoms with Crippen LogP contribution in [-0.2, 0) is 9.84 Å². The Hall–Kier alpha value is -0.560. The zero-order chi connectivity index (χ0) is 8.74. The highest BCUT2D eigenvalue weighted by molar-refractivity contribution is 7.90. The molecule has 4 heteroatoms. The molecule has 0 bridgehead atoms. The molecule has 0 aliphatic heterocycles. The van der Waals surface area contributed by atoms with E-state index in [1.165, 1.54) is 6.26 Å². The summed E-state index contributed by atoms with van der Waals surface area (Å²) in [7, 11) is -2.79. The van der Waals surface area contributed by atoms with Crippen LogP contribution in [0.15, 0.2) is 0 Å². The van der Waals surface area contributed by atoms with E-state index < -0.39 is 9.84 Å². The van der Waals surface area contributed by atoms with Gasteiger partial charge in [0, 0.05) is 18.4 Å². The summed E-state index contributed by atoms with van der Waals surface area (Å²) >= 11 is 0. The topological polar surface area (TPSA) is 57.9 Å². The van der Waals surface area contributed by atoms with E-state index >= 15 is 0 Å². The Morgan fingerprint density at radius 3 is 2.36 bits per heavy atom. The molecular formula is C7H13NO2S. The van der Waals surface area contributed by atoms with Crippen LogP contribution in [0.1, 0.15) is 25.7 Å². The van der Waals surface area contributed by atoms with Gasteiger partial charge >= 0.3 is 0 Å². The van der Waals surface area contributed by atoms with Gasteiger partial charge in [0.05, 0.1) is 6.07 Å². The highest BCUT2D eigenvalue weighted by Crippen LogP contribution is 2.00. The van der Waals surface area contributed by atoms with Crippen molar-refractivity contribution in [2.24, 2.45) is 0 Å². The Balaban J connectivity index is 3.24. The monoisotopic (exact) mass is 175 g/mol. The molecule has 0 N–H and O–H groups in total. The zero-order valence-electron chi connectivity index (χ0n) is 6.71. The molecule has 0 spiro atoms. The summed E-state index contributed by atoms with van der Waals surface area (Å²) in [6.07, 6.45) is 4.09. The zero-order valence-corrected chi connectivity index (χ0v) is 7.52. The van der Waals surface area contributed by atoms with Crippen LogP contribution in [-0.4, -0.2) is 20.4 Å². The highest BCUT2D eigenvalue weighted by Gasteiger charge is 1.99. The molecule has 0 rings (SSSR count). The first kappa shape index (κ1) is 10.4. The Kier molecular flexibility index (Phi) is 4.88. The predicted molar refractivity (Wildman–Crippen MR) is 43.8 cm³/mol. The minimum Gasteiger partial charge on any atom is -0.229 e. The summed E-state index contributed by atoms with van der Waals surface area (Å²) in [4.78, 5) is 0. The van der Waals surface area contributed by atoms with Crippen molar-refractivity contribution in [3.63, 3.8) is 0 Å². The maximum Gasteiger partial charge on any atom is 0.147 e. The first-order valence-corrected chi connectivity index (χ1v) is 5.67. The van der Waals surface area contributed by atoms with Crippen LogP contribution in [0.2, 0.25) is 0 Å². The van der Waals surface area contributed by atoms with Gasteiger partial charge in [0.25, 0.3) is 0 Å². The quantitative estimate of drug-likeness (QED) is 0.588. The summed E-state index contributed by atoms with van der Waals surface area (Å²) in [5.41, 5.74) is 0. The summed E-state index contributed by atoms with van der Waals surface area (Å²) in [6, 6.07) is 2.02. The summed E-state index contributed by atoms with van der Waals surface area (Å²) in [5, 5.41) is 8.16. The number of hydrogen-bond donors (Lipinski definition) is 0. The maximum absolute atomic E-state index is 10.6. The van der Waals surface area contributed by atoms with E-state index in [-0.39, 0.29) is 5.75 Å². The molecule has 64 valence electrons. The van der Waals surface area contributed by atoms with Gasteiger partial charge in [0.2, 0.25) is 0 Å². The largest absolute Gasteiger partial charge is 0.229 e. The molecule has 0 saturated carbocycles. The molecule has 0 atom stereocenters. The van der Waals surface area contributed by atoms with E-state index in [0.717, 1.165) is 12.8 Å². The molecule has 0 heterocycles. The van der Waals surface area contributed by atoms with E-state index in [1.54, 1.807) is 0 Å². The lowest BCUT2D eigenvalue weighted by Gasteiger charge is -1.95. The fourth-order valence-corrected chi connectivity index (χ4v) is 1.47. The van der Waals surface area contributed by atoms with Gasteiger partial charge in [0.1, 0.15) is 9.84 Å². The van der Waals surface area contributed by atoms with Crippen LogP contribution >= 0.6 is 0 Å². The second kappa shape index (κ2) is 5.14. The molecule has 0 aromatic rings. The van der Waals surface area contributed by atoms with Crippen LogP contribution in [0.5, 0.6) is 0 Å². The average molecular weight is 175 g/mol. The van der Waals surface area contributed by atoms with Gasteiger partial charge in [0.15, 0.2) is 0 Å². The SMILES string of the molecule is CS(=O)(=O)CCCCCC#N. The first-order chi connectivity index (χ1) is 5.06. The lowest BCUT2D eigenvalue weighted by molar-refractivity contribution is 0.596. The number of hydrogen-bond acceptors (Lipinski definition) is 3. The van der Waals surface area contributed by atoms with Gasteiger partial charge in [-0.3, -0.25) is 0 Å². The first-order valence-electron chi connectivity index (χ1n) is 3.61. The van der Waals surface area contributed by atoms with Gasteiger partial charge in [-0.25, -0.2) is 8.42 Å². The van der Waals surface area contributed by atoms with Crippen molar-refractivity contribution in [2.75, 3.05) is 12.0 Å². The number of sulfone groups is 1. The number of nitriles is 1. The Morgan fingerprint density at radius 2 is 1.91 bits per heavy atom. The number of nitrogens with zero attached hydrogens (tertiary/aromatic N) is 1. The standard InChI is InChI=1S/C7H13NO2S/c1-11(9,10)7-5-3-2-4-6-8/h2-5,7H2,1H3. The van der Waals surface area contributed by atoms with Crippen LogP contribution < -0.4 is 0 Å². The highest BCUT2D eigenvalue weighted by atomic mass is 32.2. The van der Waals surface area contributed by atoms with E-state index in [0.29, 0.717) is 12.8 Å². The molecule has 0 amide bonds. The van der Waals surface area contributed by atoms with Crippen molar-refractivity contribution < 1.29 is 8.42 Å². The lowest BCUT2D eigenvalue weighted by Crippen LogP contribution is -2.02. The Bertz CT molecular complexity index is 225. The van der Waals surface area contributed by atoms with Crippen LogP contribution in [0, 0.1) is 11.3 Å². The fraction of sp³-hybridized carbons (Fsp3) is 0.857. The normalized spacial score (nSPS) is 10.9. The second-order valence-electron chi connectivity index (χ2n) is 2.60. The third kappa shape index (κ3) is 9.44. The molecule has 0 aliphatic rings. The minimum atomic E-state index is -2.79.